The second-order valence-corrected chi connectivity index (χ2v) is 9.41. The molecule has 1 amide bonds. The molecule has 1 unspecified atom stereocenters. The van der Waals surface area contributed by atoms with Crippen LogP contribution in [0, 0.1) is 5.92 Å². The topological polar surface area (TPSA) is 77.8 Å². The van der Waals surface area contributed by atoms with Gasteiger partial charge in [0.1, 0.15) is 4.88 Å². The van der Waals surface area contributed by atoms with Crippen LogP contribution in [0.2, 0.25) is 0 Å². The number of amides is 1. The van der Waals surface area contributed by atoms with Gasteiger partial charge in [0, 0.05) is 17.8 Å². The van der Waals surface area contributed by atoms with E-state index in [0.717, 1.165) is 37.0 Å². The van der Waals surface area contributed by atoms with Crippen LogP contribution in [0.3, 0.4) is 0 Å². The largest absolute Gasteiger partial charge is 0.477 e. The van der Waals surface area contributed by atoms with Gasteiger partial charge in [0.15, 0.2) is 0 Å². The summed E-state index contributed by atoms with van der Waals surface area (Å²) in [6.45, 7) is 2.70. The van der Waals surface area contributed by atoms with Crippen LogP contribution in [-0.2, 0) is 17.6 Å². The highest BCUT2D eigenvalue weighted by Crippen LogP contribution is 2.23. The van der Waals surface area contributed by atoms with Crippen LogP contribution in [0.25, 0.3) is 0 Å². The Hall–Kier alpha value is -2.44. The summed E-state index contributed by atoms with van der Waals surface area (Å²) in [5, 5.41) is 19.6. The van der Waals surface area contributed by atoms with Crippen LogP contribution in [0.15, 0.2) is 54.6 Å². The minimum Gasteiger partial charge on any atom is -0.477 e. The fourth-order valence-electron chi connectivity index (χ4n) is 3.94. The number of carboxylic acid groups (broad SMARTS) is 1. The van der Waals surface area contributed by atoms with Gasteiger partial charge in [-0.15, -0.1) is 11.3 Å². The Labute approximate surface area is 188 Å². The average molecular weight is 442 g/mol. The molecule has 5 nitrogen and oxygen atoms in total. The van der Waals surface area contributed by atoms with E-state index < -0.39 is 12.1 Å². The van der Waals surface area contributed by atoms with Gasteiger partial charge in [0.2, 0.25) is 5.91 Å². The van der Waals surface area contributed by atoms with Gasteiger partial charge in [-0.3, -0.25) is 4.79 Å². The van der Waals surface area contributed by atoms with Gasteiger partial charge in [-0.25, -0.2) is 4.79 Å². The predicted octanol–water partition coefficient (Wildman–Crippen LogP) is 4.56. The van der Waals surface area contributed by atoms with Crippen LogP contribution < -0.4 is 0 Å². The van der Waals surface area contributed by atoms with E-state index in [0.29, 0.717) is 17.8 Å². The average Bonchev–Trinajstić information content (AvgIpc) is 3.38. The first-order chi connectivity index (χ1) is 14.9. The van der Waals surface area contributed by atoms with Crippen molar-refractivity contribution >= 4 is 23.2 Å². The molecule has 0 saturated carbocycles. The van der Waals surface area contributed by atoms with Crippen molar-refractivity contribution in [2.75, 3.05) is 6.54 Å². The molecule has 0 aliphatic carbocycles. The maximum Gasteiger partial charge on any atom is 0.345 e. The van der Waals surface area contributed by atoms with E-state index in [1.807, 2.05) is 41.3 Å². The highest BCUT2D eigenvalue weighted by molar-refractivity contribution is 7.13. The molecule has 2 N–H and O–H groups in total. The van der Waals surface area contributed by atoms with Crippen molar-refractivity contribution in [3.63, 3.8) is 0 Å². The fourth-order valence-corrected chi connectivity index (χ4v) is 4.83. The molecule has 1 saturated heterocycles. The molecule has 3 atom stereocenters. The van der Waals surface area contributed by atoms with Gasteiger partial charge < -0.3 is 15.1 Å². The number of carboxylic acids is 1. The number of hydrogen-bond acceptors (Lipinski definition) is 4. The first-order valence-corrected chi connectivity index (χ1v) is 11.8. The maximum absolute atomic E-state index is 12.3. The minimum atomic E-state index is -0.896. The van der Waals surface area contributed by atoms with Crippen LogP contribution >= 0.6 is 11.3 Å². The number of aryl methyl sites for hydroxylation is 2. The Bertz CT molecular complexity index is 892. The van der Waals surface area contributed by atoms with Crippen LogP contribution in [0.5, 0.6) is 0 Å². The van der Waals surface area contributed by atoms with E-state index in [9.17, 15) is 14.7 Å². The molecule has 2 aromatic rings. The number of likely N-dealkylation sites (tertiary alicyclic amines) is 1. The van der Waals surface area contributed by atoms with Gasteiger partial charge in [-0.05, 0) is 55.7 Å². The van der Waals surface area contributed by atoms with Gasteiger partial charge in [-0.1, -0.05) is 49.4 Å². The normalized spacial score (nSPS) is 18.6. The highest BCUT2D eigenvalue weighted by Gasteiger charge is 2.28. The predicted molar refractivity (Wildman–Crippen MR) is 123 cm³/mol. The third kappa shape index (κ3) is 6.77. The SMILES string of the molecule is C[C@@H](CCc1ccccc1)[C@H](O)C=CC1CCC(=O)N1CCCc1ccc(C(=O)O)s1. The van der Waals surface area contributed by atoms with Crippen molar-refractivity contribution in [2.45, 2.75) is 57.6 Å². The number of thiophene rings is 1. The van der Waals surface area contributed by atoms with Crippen molar-refractivity contribution in [3.8, 4) is 0 Å². The Balaban J connectivity index is 1.46. The summed E-state index contributed by atoms with van der Waals surface area (Å²) in [4.78, 5) is 26.6. The fraction of sp³-hybridized carbons (Fsp3) is 0.440. The molecule has 6 heteroatoms. The molecule has 0 bridgehead atoms. The van der Waals surface area contributed by atoms with Crippen molar-refractivity contribution in [1.82, 2.24) is 4.90 Å². The summed E-state index contributed by atoms with van der Waals surface area (Å²) in [5.74, 6) is -0.601. The Morgan fingerprint density at radius 2 is 2.00 bits per heavy atom. The monoisotopic (exact) mass is 441 g/mol. The van der Waals surface area contributed by atoms with E-state index in [1.165, 1.54) is 16.9 Å². The summed E-state index contributed by atoms with van der Waals surface area (Å²) >= 11 is 1.30. The standard InChI is InChI=1S/C25H31NO4S/c1-18(9-10-19-6-3-2-4-7-19)22(27)14-11-20-12-16-24(28)26(20)17-5-8-21-13-15-23(31-21)25(29)30/h2-4,6-7,11,13-15,18,20,22,27H,5,8-10,12,16-17H2,1H3,(H,29,30)/t18-,20?,22+/m0/s1. The Morgan fingerprint density at radius 3 is 2.71 bits per heavy atom. The lowest BCUT2D eigenvalue weighted by Gasteiger charge is -2.23. The molecule has 0 spiro atoms. The number of aliphatic hydroxyl groups excluding tert-OH is 1. The highest BCUT2D eigenvalue weighted by atomic mass is 32.1. The molecule has 1 fully saturated rings. The van der Waals surface area contributed by atoms with E-state index >= 15 is 0 Å². The first kappa shape index (κ1) is 23.2. The number of hydrogen-bond donors (Lipinski definition) is 2. The Morgan fingerprint density at radius 1 is 1.23 bits per heavy atom. The van der Waals surface area contributed by atoms with Crippen LogP contribution in [0.1, 0.15) is 52.7 Å². The van der Waals surface area contributed by atoms with Crippen LogP contribution in [0.4, 0.5) is 0 Å². The molecule has 3 rings (SSSR count). The van der Waals surface area contributed by atoms with Gasteiger partial charge in [-0.2, -0.15) is 0 Å². The molecule has 0 radical (unpaired) electrons. The third-order valence-electron chi connectivity index (χ3n) is 5.91. The zero-order valence-corrected chi connectivity index (χ0v) is 18.8. The van der Waals surface area contributed by atoms with E-state index in [-0.39, 0.29) is 17.9 Å². The Kier molecular flexibility index (Phi) is 8.43. The lowest BCUT2D eigenvalue weighted by Crippen LogP contribution is -2.33. The lowest BCUT2D eigenvalue weighted by atomic mass is 9.95. The summed E-state index contributed by atoms with van der Waals surface area (Å²) in [6.07, 6.45) is 8.03. The molecule has 1 aromatic heterocycles. The molecule has 2 heterocycles. The summed E-state index contributed by atoms with van der Waals surface area (Å²) < 4.78 is 0. The first-order valence-electron chi connectivity index (χ1n) is 11.0. The molecular formula is C25H31NO4S. The van der Waals surface area contributed by atoms with E-state index in [1.54, 1.807) is 6.07 Å². The van der Waals surface area contributed by atoms with Crippen molar-refractivity contribution in [1.29, 1.82) is 0 Å². The molecule has 166 valence electrons. The number of nitrogens with zero attached hydrogens (tertiary/aromatic N) is 1. The minimum absolute atomic E-state index is 0.0291. The summed E-state index contributed by atoms with van der Waals surface area (Å²) in [6, 6.07) is 13.8. The van der Waals surface area contributed by atoms with Crippen molar-refractivity contribution in [2.24, 2.45) is 5.92 Å². The summed E-state index contributed by atoms with van der Waals surface area (Å²) in [7, 11) is 0. The lowest BCUT2D eigenvalue weighted by molar-refractivity contribution is -0.128. The molecule has 1 aliphatic heterocycles. The van der Waals surface area contributed by atoms with Gasteiger partial charge >= 0.3 is 5.97 Å². The molecule has 31 heavy (non-hydrogen) atoms. The number of carbonyl (C=O) groups is 2. The number of aromatic carboxylic acids is 1. The molecular weight excluding hydrogens is 410 g/mol. The van der Waals surface area contributed by atoms with E-state index in [4.69, 9.17) is 5.11 Å². The zero-order valence-electron chi connectivity index (χ0n) is 17.9. The van der Waals surface area contributed by atoms with Crippen molar-refractivity contribution in [3.05, 3.63) is 69.9 Å². The van der Waals surface area contributed by atoms with Crippen molar-refractivity contribution < 1.29 is 19.8 Å². The molecule has 1 aliphatic rings. The number of aliphatic hydroxyl groups is 1. The quantitative estimate of drug-likeness (QED) is 0.501. The smallest absolute Gasteiger partial charge is 0.345 e. The van der Waals surface area contributed by atoms with Gasteiger partial charge in [0.25, 0.3) is 0 Å². The second kappa shape index (κ2) is 11.3. The molecule has 1 aromatic carbocycles. The third-order valence-corrected chi connectivity index (χ3v) is 7.05. The number of carbonyl (C=O) groups excluding carboxylic acids is 1. The number of rotatable bonds is 11. The van der Waals surface area contributed by atoms with Gasteiger partial charge in [0.05, 0.1) is 12.1 Å². The van der Waals surface area contributed by atoms with E-state index in [2.05, 4.69) is 19.1 Å². The second-order valence-electron chi connectivity index (χ2n) is 8.24. The maximum atomic E-state index is 12.3. The number of benzene rings is 1. The van der Waals surface area contributed by atoms with Crippen LogP contribution in [-0.4, -0.2) is 45.7 Å². The zero-order chi connectivity index (χ0) is 22.2. The summed E-state index contributed by atoms with van der Waals surface area (Å²) in [5.41, 5.74) is 1.28.